The Balaban J connectivity index is 2.90. The van der Waals surface area contributed by atoms with Crippen molar-refractivity contribution in [2.24, 2.45) is 11.1 Å². The van der Waals surface area contributed by atoms with Crippen LogP contribution >= 0.6 is 0 Å². The summed E-state index contributed by atoms with van der Waals surface area (Å²) in [7, 11) is 0. The van der Waals surface area contributed by atoms with E-state index in [1.165, 1.54) is 12.1 Å². The Morgan fingerprint density at radius 2 is 1.94 bits per heavy atom. The lowest BCUT2D eigenvalue weighted by Gasteiger charge is -2.33. The fraction of sp³-hybridized carbons (Fsp3) is 0.538. The third-order valence-electron chi connectivity index (χ3n) is 2.77. The van der Waals surface area contributed by atoms with Crippen LogP contribution in [0.2, 0.25) is 0 Å². The van der Waals surface area contributed by atoms with E-state index >= 15 is 0 Å². The maximum absolute atomic E-state index is 13.4. The van der Waals surface area contributed by atoms with Crippen molar-refractivity contribution in [3.05, 3.63) is 29.8 Å². The molecular formula is C13H19F2NO2. The van der Waals surface area contributed by atoms with Crippen molar-refractivity contribution in [3.63, 3.8) is 0 Å². The number of aliphatic hydroxyl groups is 1. The number of nitrogens with two attached hydrogens (primary N) is 1. The molecule has 5 heteroatoms. The van der Waals surface area contributed by atoms with Crippen molar-refractivity contribution in [1.82, 2.24) is 0 Å². The Kier molecular flexibility index (Phi) is 4.65. The fourth-order valence-corrected chi connectivity index (χ4v) is 1.52. The van der Waals surface area contributed by atoms with Gasteiger partial charge in [-0.3, -0.25) is 0 Å². The maximum atomic E-state index is 13.4. The van der Waals surface area contributed by atoms with Gasteiger partial charge in [-0.25, -0.2) is 4.39 Å². The first-order valence-corrected chi connectivity index (χ1v) is 5.74. The smallest absolute Gasteiger partial charge is 0.200 e. The first kappa shape index (κ1) is 14.9. The molecule has 18 heavy (non-hydrogen) atoms. The predicted octanol–water partition coefficient (Wildman–Crippen LogP) is 2.08. The summed E-state index contributed by atoms with van der Waals surface area (Å²) >= 11 is 0. The Morgan fingerprint density at radius 3 is 2.44 bits per heavy atom. The Hall–Kier alpha value is -1.20. The van der Waals surface area contributed by atoms with E-state index in [2.05, 4.69) is 0 Å². The van der Waals surface area contributed by atoms with Crippen molar-refractivity contribution >= 4 is 0 Å². The molecule has 2 atom stereocenters. The van der Waals surface area contributed by atoms with Crippen LogP contribution in [0.25, 0.3) is 0 Å². The Bertz CT molecular complexity index is 404. The summed E-state index contributed by atoms with van der Waals surface area (Å²) < 4.78 is 31.7. The highest BCUT2D eigenvalue weighted by Gasteiger charge is 2.30. The van der Waals surface area contributed by atoms with Gasteiger partial charge in [-0.15, -0.1) is 0 Å². The summed E-state index contributed by atoms with van der Waals surface area (Å²) in [6, 6.07) is 3.13. The summed E-state index contributed by atoms with van der Waals surface area (Å²) in [5, 5.41) is 9.26. The molecule has 0 aliphatic heterocycles. The lowest BCUT2D eigenvalue weighted by molar-refractivity contribution is 0.0558. The van der Waals surface area contributed by atoms with Gasteiger partial charge < -0.3 is 15.6 Å². The van der Waals surface area contributed by atoms with Crippen molar-refractivity contribution in [2.75, 3.05) is 6.61 Å². The second-order valence-corrected chi connectivity index (χ2v) is 5.28. The molecular weight excluding hydrogens is 240 g/mol. The third kappa shape index (κ3) is 3.40. The topological polar surface area (TPSA) is 55.5 Å². The zero-order chi connectivity index (χ0) is 13.9. The van der Waals surface area contributed by atoms with E-state index in [0.29, 0.717) is 0 Å². The van der Waals surface area contributed by atoms with Crippen LogP contribution in [0.5, 0.6) is 5.75 Å². The summed E-state index contributed by atoms with van der Waals surface area (Å²) in [5.74, 6) is -2.31. The molecule has 0 aromatic heterocycles. The minimum atomic E-state index is -1.07. The zero-order valence-electron chi connectivity index (χ0n) is 10.8. The Labute approximate surface area is 106 Å². The number of halogens is 2. The first-order chi connectivity index (χ1) is 8.27. The first-order valence-electron chi connectivity index (χ1n) is 5.74. The van der Waals surface area contributed by atoms with Gasteiger partial charge in [0.1, 0.15) is 6.10 Å². The summed E-state index contributed by atoms with van der Waals surface area (Å²) in [6.45, 7) is 5.28. The van der Waals surface area contributed by atoms with Crippen LogP contribution in [0.15, 0.2) is 18.2 Å². The highest BCUT2D eigenvalue weighted by molar-refractivity contribution is 5.25. The van der Waals surface area contributed by atoms with Crippen molar-refractivity contribution < 1.29 is 18.6 Å². The van der Waals surface area contributed by atoms with Gasteiger partial charge in [0.05, 0.1) is 6.61 Å². The number of ether oxygens (including phenoxy) is 1. The van der Waals surface area contributed by atoms with E-state index in [4.69, 9.17) is 10.5 Å². The molecule has 2 unspecified atom stereocenters. The molecule has 0 radical (unpaired) electrons. The molecule has 0 saturated heterocycles. The van der Waals surface area contributed by atoms with Crippen molar-refractivity contribution in [3.8, 4) is 5.75 Å². The quantitative estimate of drug-likeness (QED) is 0.870. The SMILES string of the molecule is CC(C)(C)C(N)C(CO)Oc1cccc(F)c1F. The largest absolute Gasteiger partial charge is 0.483 e. The normalized spacial score (nSPS) is 15.3. The van der Waals surface area contributed by atoms with Gasteiger partial charge in [0.25, 0.3) is 0 Å². The molecule has 0 spiro atoms. The molecule has 0 aliphatic carbocycles. The zero-order valence-corrected chi connectivity index (χ0v) is 10.8. The molecule has 0 saturated carbocycles. The van der Waals surface area contributed by atoms with Crippen LogP contribution < -0.4 is 10.5 Å². The van der Waals surface area contributed by atoms with Crippen LogP contribution in [0.4, 0.5) is 8.78 Å². The number of aliphatic hydroxyl groups excluding tert-OH is 1. The average Bonchev–Trinajstić information content (AvgIpc) is 2.29. The lowest BCUT2D eigenvalue weighted by atomic mass is 9.84. The van der Waals surface area contributed by atoms with Gasteiger partial charge in [-0.1, -0.05) is 26.8 Å². The predicted molar refractivity (Wildman–Crippen MR) is 65.3 cm³/mol. The molecule has 0 aliphatic rings. The van der Waals surface area contributed by atoms with Crippen LogP contribution in [0.1, 0.15) is 20.8 Å². The minimum absolute atomic E-state index is 0.242. The third-order valence-corrected chi connectivity index (χ3v) is 2.77. The lowest BCUT2D eigenvalue weighted by Crippen LogP contribution is -2.49. The van der Waals surface area contributed by atoms with E-state index in [9.17, 15) is 13.9 Å². The van der Waals surface area contributed by atoms with Gasteiger partial charge in [-0.2, -0.15) is 4.39 Å². The highest BCUT2D eigenvalue weighted by atomic mass is 19.2. The average molecular weight is 259 g/mol. The van der Waals surface area contributed by atoms with Crippen LogP contribution in [-0.2, 0) is 0 Å². The highest BCUT2D eigenvalue weighted by Crippen LogP contribution is 2.25. The minimum Gasteiger partial charge on any atom is -0.483 e. The number of hydrogen-bond donors (Lipinski definition) is 2. The monoisotopic (exact) mass is 259 g/mol. The summed E-state index contributed by atoms with van der Waals surface area (Å²) in [5.41, 5.74) is 5.62. The van der Waals surface area contributed by atoms with Crippen molar-refractivity contribution in [1.29, 1.82) is 0 Å². The van der Waals surface area contributed by atoms with Crippen LogP contribution in [-0.4, -0.2) is 23.9 Å². The molecule has 0 fully saturated rings. The maximum Gasteiger partial charge on any atom is 0.200 e. The molecule has 3 N–H and O–H groups in total. The molecule has 1 aromatic carbocycles. The van der Waals surface area contributed by atoms with E-state index < -0.39 is 23.8 Å². The summed E-state index contributed by atoms with van der Waals surface area (Å²) in [6.07, 6.45) is -0.790. The molecule has 0 heterocycles. The molecule has 1 aromatic rings. The van der Waals surface area contributed by atoms with Gasteiger partial charge in [0.15, 0.2) is 11.6 Å². The van der Waals surface area contributed by atoms with E-state index in [-0.39, 0.29) is 17.8 Å². The standard InChI is InChI=1S/C13H19F2NO2/c1-13(2,3)12(16)10(7-17)18-9-6-4-5-8(14)11(9)15/h4-6,10,12,17H,7,16H2,1-3H3. The molecule has 3 nitrogen and oxygen atoms in total. The second-order valence-electron chi connectivity index (χ2n) is 5.28. The van der Waals surface area contributed by atoms with Gasteiger partial charge in [-0.05, 0) is 17.5 Å². The van der Waals surface area contributed by atoms with E-state index in [1.807, 2.05) is 20.8 Å². The molecule has 0 amide bonds. The fourth-order valence-electron chi connectivity index (χ4n) is 1.52. The number of hydrogen-bond acceptors (Lipinski definition) is 3. The van der Waals surface area contributed by atoms with Crippen molar-refractivity contribution in [2.45, 2.75) is 32.9 Å². The van der Waals surface area contributed by atoms with E-state index in [0.717, 1.165) is 6.07 Å². The van der Waals surface area contributed by atoms with Gasteiger partial charge >= 0.3 is 0 Å². The Morgan fingerprint density at radius 1 is 1.33 bits per heavy atom. The van der Waals surface area contributed by atoms with Gasteiger partial charge in [0.2, 0.25) is 5.82 Å². The number of rotatable bonds is 4. The molecule has 102 valence electrons. The number of benzene rings is 1. The second kappa shape index (κ2) is 5.63. The van der Waals surface area contributed by atoms with Crippen LogP contribution in [0, 0.1) is 17.0 Å². The van der Waals surface area contributed by atoms with Crippen LogP contribution in [0.3, 0.4) is 0 Å². The van der Waals surface area contributed by atoms with Gasteiger partial charge in [0, 0.05) is 6.04 Å². The summed E-state index contributed by atoms with van der Waals surface area (Å²) in [4.78, 5) is 0. The molecule has 1 rings (SSSR count). The van der Waals surface area contributed by atoms with E-state index in [1.54, 1.807) is 0 Å². The molecule has 0 bridgehead atoms.